The van der Waals surface area contributed by atoms with Gasteiger partial charge in [0.05, 0.1) is 12.2 Å². The molecule has 0 aliphatic carbocycles. The van der Waals surface area contributed by atoms with E-state index in [1.807, 2.05) is 0 Å². The van der Waals surface area contributed by atoms with Gasteiger partial charge in [0.25, 0.3) is 0 Å². The number of sulfonamides is 1. The van der Waals surface area contributed by atoms with E-state index in [4.69, 9.17) is 10.8 Å². The number of rotatable bonds is 7. The molecule has 8 nitrogen and oxygen atoms in total. The topological polar surface area (TPSA) is 139 Å². The van der Waals surface area contributed by atoms with E-state index in [1.165, 1.54) is 0 Å². The van der Waals surface area contributed by atoms with Gasteiger partial charge in [0.1, 0.15) is 0 Å². The van der Waals surface area contributed by atoms with E-state index >= 15 is 0 Å². The highest BCUT2D eigenvalue weighted by atomic mass is 32.2. The van der Waals surface area contributed by atoms with Crippen molar-refractivity contribution >= 4 is 22.0 Å². The van der Waals surface area contributed by atoms with Gasteiger partial charge in [-0.05, 0) is 0 Å². The van der Waals surface area contributed by atoms with Gasteiger partial charge in [-0.2, -0.15) is 0 Å². The average Bonchev–Trinajstić information content (AvgIpc) is 2.09. The molecule has 0 rings (SSSR count). The number of nitrogens with two attached hydrogens (primary N) is 1. The smallest absolute Gasteiger partial charge is 0.312 e. The highest BCUT2D eigenvalue weighted by Crippen LogP contribution is 1.88. The number of amides is 2. The predicted molar refractivity (Wildman–Crippen MR) is 51.6 cm³/mol. The maximum Gasteiger partial charge on any atom is 0.312 e. The van der Waals surface area contributed by atoms with Gasteiger partial charge in [-0.3, -0.25) is 4.79 Å². The highest BCUT2D eigenvalue weighted by molar-refractivity contribution is 7.89. The zero-order valence-electron chi connectivity index (χ0n) is 7.89. The molecule has 0 saturated heterocycles. The zero-order chi connectivity index (χ0) is 11.9. The van der Waals surface area contributed by atoms with Crippen LogP contribution in [-0.4, -0.2) is 44.4 Å². The second-order valence-corrected chi connectivity index (χ2v) is 4.57. The van der Waals surface area contributed by atoms with Crippen molar-refractivity contribution in [3.05, 3.63) is 0 Å². The van der Waals surface area contributed by atoms with Crippen molar-refractivity contribution < 1.29 is 23.1 Å². The molecule has 0 bridgehead atoms. The van der Waals surface area contributed by atoms with Crippen molar-refractivity contribution in [1.82, 2.24) is 10.0 Å². The number of carbonyl (C=O) groups excluding carboxylic acids is 1. The van der Waals surface area contributed by atoms with Crippen LogP contribution in [0.2, 0.25) is 0 Å². The standard InChI is InChI=1S/C6H13N3O5S/c7-6(12)8-2-3-9-15(13,14)4-1-5(10)11/h9H,1-4H2,(H,10,11)(H3,7,8,12). The Morgan fingerprint density at radius 1 is 1.27 bits per heavy atom. The van der Waals surface area contributed by atoms with Crippen molar-refractivity contribution in [3.8, 4) is 0 Å². The van der Waals surface area contributed by atoms with E-state index in [-0.39, 0.29) is 13.1 Å². The van der Waals surface area contributed by atoms with Crippen LogP contribution in [0.1, 0.15) is 6.42 Å². The molecule has 0 unspecified atom stereocenters. The SMILES string of the molecule is NC(=O)NCCNS(=O)(=O)CCC(=O)O. The Morgan fingerprint density at radius 2 is 1.87 bits per heavy atom. The minimum atomic E-state index is -3.60. The van der Waals surface area contributed by atoms with Gasteiger partial charge < -0.3 is 16.2 Å². The van der Waals surface area contributed by atoms with E-state index in [1.54, 1.807) is 0 Å². The molecule has 0 atom stereocenters. The molecule has 0 aliphatic heterocycles. The summed E-state index contributed by atoms with van der Waals surface area (Å²) >= 11 is 0. The second kappa shape index (κ2) is 6.19. The van der Waals surface area contributed by atoms with Gasteiger partial charge >= 0.3 is 12.0 Å². The number of carboxylic acid groups (broad SMARTS) is 1. The highest BCUT2D eigenvalue weighted by Gasteiger charge is 2.11. The molecular formula is C6H13N3O5S. The number of hydrogen-bond donors (Lipinski definition) is 4. The minimum Gasteiger partial charge on any atom is -0.481 e. The zero-order valence-corrected chi connectivity index (χ0v) is 8.71. The quantitative estimate of drug-likeness (QED) is 0.382. The summed E-state index contributed by atoms with van der Waals surface area (Å²) in [6.07, 6.45) is -0.460. The first-order chi connectivity index (χ1) is 6.83. The molecule has 9 heteroatoms. The molecule has 2 amide bonds. The molecule has 0 aliphatic rings. The number of aliphatic carboxylic acids is 1. The molecular weight excluding hydrogens is 226 g/mol. The summed E-state index contributed by atoms with van der Waals surface area (Å²) in [7, 11) is -3.60. The molecule has 0 aromatic heterocycles. The molecule has 15 heavy (non-hydrogen) atoms. The lowest BCUT2D eigenvalue weighted by Gasteiger charge is -2.05. The number of nitrogens with one attached hydrogen (secondary N) is 2. The molecule has 88 valence electrons. The monoisotopic (exact) mass is 239 g/mol. The van der Waals surface area contributed by atoms with Crippen LogP contribution in [0, 0.1) is 0 Å². The van der Waals surface area contributed by atoms with Gasteiger partial charge in [-0.15, -0.1) is 0 Å². The van der Waals surface area contributed by atoms with Crippen LogP contribution in [0.5, 0.6) is 0 Å². The van der Waals surface area contributed by atoms with Crippen LogP contribution in [0.15, 0.2) is 0 Å². The van der Waals surface area contributed by atoms with Gasteiger partial charge in [0, 0.05) is 13.1 Å². The number of carbonyl (C=O) groups is 2. The lowest BCUT2D eigenvalue weighted by molar-refractivity contribution is -0.136. The van der Waals surface area contributed by atoms with Crippen molar-refractivity contribution in [2.75, 3.05) is 18.8 Å². The summed E-state index contributed by atoms with van der Waals surface area (Å²) in [6, 6.07) is -0.750. The first-order valence-electron chi connectivity index (χ1n) is 4.06. The summed E-state index contributed by atoms with van der Waals surface area (Å²) in [4.78, 5) is 20.3. The second-order valence-electron chi connectivity index (χ2n) is 2.65. The average molecular weight is 239 g/mol. The Bertz CT molecular complexity index is 326. The first kappa shape index (κ1) is 13.7. The van der Waals surface area contributed by atoms with Gasteiger partial charge in [-0.25, -0.2) is 17.9 Å². The molecule has 5 N–H and O–H groups in total. The fraction of sp³-hybridized carbons (Fsp3) is 0.667. The fourth-order valence-corrected chi connectivity index (χ4v) is 1.69. The van der Waals surface area contributed by atoms with Gasteiger partial charge in [0.2, 0.25) is 10.0 Å². The molecule has 0 heterocycles. The normalized spacial score (nSPS) is 10.9. The van der Waals surface area contributed by atoms with Crippen LogP contribution in [-0.2, 0) is 14.8 Å². The lowest BCUT2D eigenvalue weighted by Crippen LogP contribution is -2.38. The Balaban J connectivity index is 3.75. The molecule has 0 saturated carbocycles. The third-order valence-corrected chi connectivity index (χ3v) is 2.72. The molecule has 0 fully saturated rings. The van der Waals surface area contributed by atoms with Crippen LogP contribution in [0.4, 0.5) is 4.79 Å². The van der Waals surface area contributed by atoms with Crippen LogP contribution in [0.3, 0.4) is 0 Å². The number of hydrogen-bond acceptors (Lipinski definition) is 4. The van der Waals surface area contributed by atoms with Crippen molar-refractivity contribution in [3.63, 3.8) is 0 Å². The van der Waals surface area contributed by atoms with E-state index < -0.39 is 34.2 Å². The third kappa shape index (κ3) is 8.97. The van der Waals surface area contributed by atoms with Gasteiger partial charge in [0.15, 0.2) is 0 Å². The number of urea groups is 1. The number of carboxylic acids is 1. The third-order valence-electron chi connectivity index (χ3n) is 1.33. The first-order valence-corrected chi connectivity index (χ1v) is 5.71. The van der Waals surface area contributed by atoms with Crippen molar-refractivity contribution in [2.45, 2.75) is 6.42 Å². The van der Waals surface area contributed by atoms with E-state index in [0.29, 0.717) is 0 Å². The van der Waals surface area contributed by atoms with Crippen molar-refractivity contribution in [2.24, 2.45) is 5.73 Å². The maximum absolute atomic E-state index is 11.1. The maximum atomic E-state index is 11.1. The van der Waals surface area contributed by atoms with E-state index in [0.717, 1.165) is 0 Å². The molecule has 0 spiro atoms. The summed E-state index contributed by atoms with van der Waals surface area (Å²) in [6.45, 7) is 0.0343. The van der Waals surface area contributed by atoms with E-state index in [9.17, 15) is 18.0 Å². The molecule has 0 aromatic carbocycles. The number of primary amides is 1. The Hall–Kier alpha value is -1.35. The van der Waals surface area contributed by atoms with E-state index in [2.05, 4.69) is 10.0 Å². The summed E-state index contributed by atoms with van der Waals surface area (Å²) in [5.74, 6) is -1.67. The summed E-state index contributed by atoms with van der Waals surface area (Å²) in [5.41, 5.74) is 4.74. The fourth-order valence-electron chi connectivity index (χ4n) is 0.686. The van der Waals surface area contributed by atoms with Crippen LogP contribution < -0.4 is 15.8 Å². The van der Waals surface area contributed by atoms with Crippen LogP contribution >= 0.6 is 0 Å². The Morgan fingerprint density at radius 3 is 2.33 bits per heavy atom. The largest absolute Gasteiger partial charge is 0.481 e. The summed E-state index contributed by atoms with van der Waals surface area (Å²) < 4.78 is 24.2. The predicted octanol–water partition coefficient (Wildman–Crippen LogP) is -1.95. The Labute approximate surface area is 86.9 Å². The summed E-state index contributed by atoms with van der Waals surface area (Å²) in [5, 5.41) is 10.4. The van der Waals surface area contributed by atoms with Gasteiger partial charge in [-0.1, -0.05) is 0 Å². The molecule has 0 radical (unpaired) electrons. The minimum absolute atomic E-state index is 0.0229. The van der Waals surface area contributed by atoms with Crippen LogP contribution in [0.25, 0.3) is 0 Å². The van der Waals surface area contributed by atoms with Crippen molar-refractivity contribution in [1.29, 1.82) is 0 Å². The molecule has 0 aromatic rings. The lowest BCUT2D eigenvalue weighted by atomic mass is 10.5. The Kier molecular flexibility index (Phi) is 5.64.